The maximum absolute atomic E-state index is 4.48. The van der Waals surface area contributed by atoms with Gasteiger partial charge in [-0.15, -0.1) is 0 Å². The number of aromatic nitrogens is 2. The van der Waals surface area contributed by atoms with Crippen LogP contribution in [0, 0.1) is 0 Å². The predicted octanol–water partition coefficient (Wildman–Crippen LogP) is 2.14. The molecule has 0 aromatic carbocycles. The van der Waals surface area contributed by atoms with Gasteiger partial charge in [0.05, 0.1) is 11.7 Å². The van der Waals surface area contributed by atoms with Gasteiger partial charge in [-0.05, 0) is 39.2 Å². The standard InChI is InChI=1S/C15H24N4/c1-3-19(11(2)15-10-16-6-7-17-15)14-8-12-4-5-13(9-14)18-12/h6-7,10-14,18H,3-5,8-9H2,1-2H3. The second-order valence-electron chi connectivity index (χ2n) is 5.90. The van der Waals surface area contributed by atoms with Crippen LogP contribution in [0.15, 0.2) is 18.6 Å². The average Bonchev–Trinajstić information content (AvgIpc) is 2.79. The molecule has 2 bridgehead atoms. The third-order valence-corrected chi connectivity index (χ3v) is 4.79. The number of rotatable bonds is 4. The van der Waals surface area contributed by atoms with Gasteiger partial charge in [0.25, 0.3) is 0 Å². The molecule has 0 aliphatic carbocycles. The van der Waals surface area contributed by atoms with Crippen LogP contribution in [0.3, 0.4) is 0 Å². The molecular weight excluding hydrogens is 236 g/mol. The Bertz CT molecular complexity index is 396. The molecule has 1 aromatic rings. The highest BCUT2D eigenvalue weighted by atomic mass is 15.2. The minimum absolute atomic E-state index is 0.362. The topological polar surface area (TPSA) is 41.0 Å². The molecule has 4 heteroatoms. The Kier molecular flexibility index (Phi) is 3.80. The van der Waals surface area contributed by atoms with E-state index < -0.39 is 0 Å². The number of fused-ring (bicyclic) bond motifs is 2. The summed E-state index contributed by atoms with van der Waals surface area (Å²) >= 11 is 0. The van der Waals surface area contributed by atoms with Crippen LogP contribution in [0.25, 0.3) is 0 Å². The van der Waals surface area contributed by atoms with Gasteiger partial charge in [-0.1, -0.05) is 6.92 Å². The first-order valence-corrected chi connectivity index (χ1v) is 7.55. The number of nitrogens with one attached hydrogen (secondary N) is 1. The van der Waals surface area contributed by atoms with Gasteiger partial charge in [-0.2, -0.15) is 0 Å². The van der Waals surface area contributed by atoms with Gasteiger partial charge >= 0.3 is 0 Å². The first-order chi connectivity index (χ1) is 9.28. The Balaban J connectivity index is 1.73. The lowest BCUT2D eigenvalue weighted by Gasteiger charge is -2.40. The molecule has 104 valence electrons. The lowest BCUT2D eigenvalue weighted by Crippen LogP contribution is -2.49. The second kappa shape index (κ2) is 5.55. The minimum atomic E-state index is 0.362. The highest BCUT2D eigenvalue weighted by Gasteiger charge is 2.37. The van der Waals surface area contributed by atoms with Crippen molar-refractivity contribution in [2.75, 3.05) is 6.54 Å². The molecule has 1 aromatic heterocycles. The van der Waals surface area contributed by atoms with Gasteiger partial charge in [0.2, 0.25) is 0 Å². The SMILES string of the molecule is CCN(C1CC2CCC(C1)N2)C(C)c1cnccn1. The van der Waals surface area contributed by atoms with Crippen LogP contribution in [0.1, 0.15) is 51.3 Å². The zero-order valence-corrected chi connectivity index (χ0v) is 11.9. The van der Waals surface area contributed by atoms with Crippen molar-refractivity contribution in [1.82, 2.24) is 20.2 Å². The van der Waals surface area contributed by atoms with Crippen LogP contribution in [-0.4, -0.2) is 39.5 Å². The third kappa shape index (κ3) is 2.65. The van der Waals surface area contributed by atoms with Crippen LogP contribution in [0.5, 0.6) is 0 Å². The average molecular weight is 260 g/mol. The first-order valence-electron chi connectivity index (χ1n) is 7.55. The van der Waals surface area contributed by atoms with Gasteiger partial charge < -0.3 is 5.32 Å². The molecule has 0 spiro atoms. The zero-order valence-electron chi connectivity index (χ0n) is 11.9. The van der Waals surface area contributed by atoms with Crippen LogP contribution in [-0.2, 0) is 0 Å². The number of nitrogens with zero attached hydrogens (tertiary/aromatic N) is 3. The molecule has 2 aliphatic heterocycles. The van der Waals surface area contributed by atoms with E-state index in [2.05, 4.69) is 34.0 Å². The van der Waals surface area contributed by atoms with Crippen LogP contribution >= 0.6 is 0 Å². The van der Waals surface area contributed by atoms with Crippen molar-refractivity contribution in [2.24, 2.45) is 0 Å². The van der Waals surface area contributed by atoms with Crippen molar-refractivity contribution >= 4 is 0 Å². The molecule has 2 fully saturated rings. The summed E-state index contributed by atoms with van der Waals surface area (Å²) in [5, 5.41) is 3.72. The second-order valence-corrected chi connectivity index (χ2v) is 5.90. The quantitative estimate of drug-likeness (QED) is 0.900. The largest absolute Gasteiger partial charge is 0.311 e. The Morgan fingerprint density at radius 3 is 2.63 bits per heavy atom. The molecule has 3 rings (SSSR count). The normalized spacial score (nSPS) is 31.6. The summed E-state index contributed by atoms with van der Waals surface area (Å²) in [6, 6.07) is 2.54. The summed E-state index contributed by atoms with van der Waals surface area (Å²) in [7, 11) is 0. The van der Waals surface area contributed by atoms with Crippen LogP contribution in [0.2, 0.25) is 0 Å². The van der Waals surface area contributed by atoms with Crippen LogP contribution in [0.4, 0.5) is 0 Å². The van der Waals surface area contributed by atoms with Crippen molar-refractivity contribution in [2.45, 2.75) is 63.7 Å². The Morgan fingerprint density at radius 2 is 2.05 bits per heavy atom. The van der Waals surface area contributed by atoms with Crippen molar-refractivity contribution in [3.8, 4) is 0 Å². The summed E-state index contributed by atoms with van der Waals surface area (Å²) in [5.74, 6) is 0. The van der Waals surface area contributed by atoms with Crippen molar-refractivity contribution in [3.05, 3.63) is 24.3 Å². The Morgan fingerprint density at radius 1 is 1.32 bits per heavy atom. The molecule has 1 N–H and O–H groups in total. The van der Waals surface area contributed by atoms with E-state index in [1.165, 1.54) is 25.7 Å². The lowest BCUT2D eigenvalue weighted by molar-refractivity contribution is 0.105. The van der Waals surface area contributed by atoms with E-state index in [0.717, 1.165) is 24.3 Å². The summed E-state index contributed by atoms with van der Waals surface area (Å²) in [4.78, 5) is 11.3. The van der Waals surface area contributed by atoms with Crippen LogP contribution < -0.4 is 5.32 Å². The smallest absolute Gasteiger partial charge is 0.0755 e. The molecule has 19 heavy (non-hydrogen) atoms. The molecule has 2 aliphatic rings. The molecule has 2 saturated heterocycles. The predicted molar refractivity (Wildman–Crippen MR) is 75.8 cm³/mol. The number of hydrogen-bond donors (Lipinski definition) is 1. The zero-order chi connectivity index (χ0) is 13.2. The lowest BCUT2D eigenvalue weighted by atomic mass is 9.96. The third-order valence-electron chi connectivity index (χ3n) is 4.79. The van der Waals surface area contributed by atoms with Gasteiger partial charge in [0.15, 0.2) is 0 Å². The summed E-state index contributed by atoms with van der Waals surface area (Å²) in [6.07, 6.45) is 10.7. The fraction of sp³-hybridized carbons (Fsp3) is 0.733. The van der Waals surface area contributed by atoms with Gasteiger partial charge in [-0.25, -0.2) is 0 Å². The van der Waals surface area contributed by atoms with E-state index in [-0.39, 0.29) is 0 Å². The maximum atomic E-state index is 4.48. The molecule has 3 heterocycles. The fourth-order valence-electron chi connectivity index (χ4n) is 3.84. The molecule has 4 nitrogen and oxygen atoms in total. The van der Waals surface area contributed by atoms with Gasteiger partial charge in [-0.3, -0.25) is 14.9 Å². The monoisotopic (exact) mass is 260 g/mol. The van der Waals surface area contributed by atoms with E-state index in [1.807, 2.05) is 6.20 Å². The molecular formula is C15H24N4. The molecule has 3 unspecified atom stereocenters. The van der Waals surface area contributed by atoms with E-state index in [4.69, 9.17) is 0 Å². The fourth-order valence-corrected chi connectivity index (χ4v) is 3.84. The van der Waals surface area contributed by atoms with E-state index >= 15 is 0 Å². The minimum Gasteiger partial charge on any atom is -0.311 e. The number of hydrogen-bond acceptors (Lipinski definition) is 4. The summed E-state index contributed by atoms with van der Waals surface area (Å²) < 4.78 is 0. The Labute approximate surface area is 115 Å². The van der Waals surface area contributed by atoms with E-state index in [1.54, 1.807) is 12.4 Å². The molecule has 0 amide bonds. The Hall–Kier alpha value is -1.00. The van der Waals surface area contributed by atoms with E-state index in [9.17, 15) is 0 Å². The van der Waals surface area contributed by atoms with Gasteiger partial charge in [0.1, 0.15) is 0 Å². The summed E-state index contributed by atoms with van der Waals surface area (Å²) in [5.41, 5.74) is 1.09. The highest BCUT2D eigenvalue weighted by Crippen LogP contribution is 2.33. The first kappa shape index (κ1) is 13.0. The molecule has 0 saturated carbocycles. The van der Waals surface area contributed by atoms with Crippen molar-refractivity contribution in [3.63, 3.8) is 0 Å². The molecule has 0 radical (unpaired) electrons. The number of piperidine rings is 1. The van der Waals surface area contributed by atoms with Gasteiger partial charge in [0, 0.05) is 36.7 Å². The van der Waals surface area contributed by atoms with Crippen molar-refractivity contribution in [1.29, 1.82) is 0 Å². The highest BCUT2D eigenvalue weighted by molar-refractivity contribution is 5.04. The van der Waals surface area contributed by atoms with E-state index in [0.29, 0.717) is 12.1 Å². The maximum Gasteiger partial charge on any atom is 0.0755 e. The molecule has 3 atom stereocenters. The summed E-state index contributed by atoms with van der Waals surface area (Å²) in [6.45, 7) is 5.61. The van der Waals surface area contributed by atoms with Crippen molar-refractivity contribution < 1.29 is 0 Å².